The standard InChI is InChI=1S/C22H27N5O/c1-3-5-6-18(4-2)17-28-22-13-9-20(10-14-22)26-25-19-7-11-21(12-8-19)27-23-15-16-24-27/h7-16,18H,3-6,17H2,1-2H3. The molecular formula is C22H27N5O. The maximum Gasteiger partial charge on any atom is 0.119 e. The van der Waals surface area contributed by atoms with E-state index >= 15 is 0 Å². The Balaban J connectivity index is 1.53. The van der Waals surface area contributed by atoms with Gasteiger partial charge in [0.25, 0.3) is 0 Å². The molecule has 146 valence electrons. The molecule has 1 unspecified atom stereocenters. The second-order valence-electron chi connectivity index (χ2n) is 6.76. The Hall–Kier alpha value is -3.02. The van der Waals surface area contributed by atoms with Gasteiger partial charge in [0.2, 0.25) is 0 Å². The number of rotatable bonds is 10. The van der Waals surface area contributed by atoms with E-state index in [0.29, 0.717) is 5.92 Å². The molecule has 0 saturated carbocycles. The van der Waals surface area contributed by atoms with Crippen LogP contribution in [-0.2, 0) is 0 Å². The molecule has 2 aromatic carbocycles. The maximum atomic E-state index is 5.94. The summed E-state index contributed by atoms with van der Waals surface area (Å²) in [7, 11) is 0. The minimum absolute atomic E-state index is 0.624. The number of nitrogens with zero attached hydrogens (tertiary/aromatic N) is 5. The van der Waals surface area contributed by atoms with Gasteiger partial charge in [-0.15, -0.1) is 0 Å². The molecule has 0 N–H and O–H groups in total. The largest absolute Gasteiger partial charge is 0.493 e. The summed E-state index contributed by atoms with van der Waals surface area (Å²) < 4.78 is 5.94. The molecule has 0 fully saturated rings. The van der Waals surface area contributed by atoms with Gasteiger partial charge >= 0.3 is 0 Å². The minimum atomic E-state index is 0.624. The molecule has 0 amide bonds. The van der Waals surface area contributed by atoms with E-state index in [1.807, 2.05) is 48.5 Å². The second-order valence-corrected chi connectivity index (χ2v) is 6.76. The zero-order valence-electron chi connectivity index (χ0n) is 16.5. The Morgan fingerprint density at radius 3 is 2.07 bits per heavy atom. The Labute approximate surface area is 166 Å². The number of ether oxygens (including phenoxy) is 1. The van der Waals surface area contributed by atoms with Crippen LogP contribution in [0.3, 0.4) is 0 Å². The van der Waals surface area contributed by atoms with Crippen LogP contribution in [0.4, 0.5) is 11.4 Å². The van der Waals surface area contributed by atoms with Gasteiger partial charge in [0, 0.05) is 0 Å². The lowest BCUT2D eigenvalue weighted by molar-refractivity contribution is 0.233. The van der Waals surface area contributed by atoms with Gasteiger partial charge in [-0.05, 0) is 60.9 Å². The number of hydrogen-bond donors (Lipinski definition) is 0. The Kier molecular flexibility index (Phi) is 7.29. The molecular weight excluding hydrogens is 350 g/mol. The third-order valence-corrected chi connectivity index (χ3v) is 4.65. The van der Waals surface area contributed by atoms with Crippen LogP contribution in [0.25, 0.3) is 5.69 Å². The van der Waals surface area contributed by atoms with Crippen LogP contribution in [0.15, 0.2) is 71.2 Å². The van der Waals surface area contributed by atoms with Crippen molar-refractivity contribution in [2.75, 3.05) is 6.61 Å². The van der Waals surface area contributed by atoms with Crippen LogP contribution in [0, 0.1) is 5.92 Å². The first-order chi connectivity index (χ1) is 13.8. The van der Waals surface area contributed by atoms with Crippen molar-refractivity contribution in [1.82, 2.24) is 15.0 Å². The van der Waals surface area contributed by atoms with Crippen LogP contribution in [-0.4, -0.2) is 21.6 Å². The van der Waals surface area contributed by atoms with Crippen molar-refractivity contribution < 1.29 is 4.74 Å². The molecule has 1 atom stereocenters. The van der Waals surface area contributed by atoms with Crippen LogP contribution in [0.2, 0.25) is 0 Å². The molecule has 0 bridgehead atoms. The fourth-order valence-electron chi connectivity index (χ4n) is 2.84. The van der Waals surface area contributed by atoms with E-state index < -0.39 is 0 Å². The zero-order chi connectivity index (χ0) is 19.6. The summed E-state index contributed by atoms with van der Waals surface area (Å²) in [4.78, 5) is 1.56. The van der Waals surface area contributed by atoms with Gasteiger partial charge in [0.15, 0.2) is 0 Å². The summed E-state index contributed by atoms with van der Waals surface area (Å²) in [6.07, 6.45) is 8.18. The van der Waals surface area contributed by atoms with E-state index in [-0.39, 0.29) is 0 Å². The summed E-state index contributed by atoms with van der Waals surface area (Å²) >= 11 is 0. The average molecular weight is 377 g/mol. The first-order valence-corrected chi connectivity index (χ1v) is 9.90. The molecule has 0 aliphatic carbocycles. The highest BCUT2D eigenvalue weighted by Crippen LogP contribution is 2.23. The summed E-state index contributed by atoms with van der Waals surface area (Å²) in [6, 6.07) is 15.4. The molecule has 0 spiro atoms. The van der Waals surface area contributed by atoms with Crippen molar-refractivity contribution in [1.29, 1.82) is 0 Å². The minimum Gasteiger partial charge on any atom is -0.493 e. The van der Waals surface area contributed by atoms with E-state index in [2.05, 4.69) is 34.3 Å². The van der Waals surface area contributed by atoms with E-state index in [9.17, 15) is 0 Å². The summed E-state index contributed by atoms with van der Waals surface area (Å²) in [6.45, 7) is 5.23. The molecule has 0 aliphatic heterocycles. The third-order valence-electron chi connectivity index (χ3n) is 4.65. The van der Waals surface area contributed by atoms with Crippen LogP contribution < -0.4 is 4.74 Å². The SMILES string of the molecule is CCCCC(CC)COc1ccc(N=Nc2ccc(-n3nccn3)cc2)cc1. The van der Waals surface area contributed by atoms with E-state index in [4.69, 9.17) is 4.74 Å². The van der Waals surface area contributed by atoms with Gasteiger partial charge < -0.3 is 4.74 Å². The van der Waals surface area contributed by atoms with Gasteiger partial charge in [-0.3, -0.25) is 0 Å². The Bertz CT molecular complexity index is 842. The average Bonchev–Trinajstić information content (AvgIpc) is 3.28. The van der Waals surface area contributed by atoms with E-state index in [1.165, 1.54) is 19.3 Å². The third kappa shape index (κ3) is 5.74. The molecule has 0 radical (unpaired) electrons. The first-order valence-electron chi connectivity index (χ1n) is 9.90. The van der Waals surface area contributed by atoms with Crippen LogP contribution >= 0.6 is 0 Å². The van der Waals surface area contributed by atoms with Gasteiger partial charge in [0.1, 0.15) is 5.75 Å². The number of benzene rings is 2. The van der Waals surface area contributed by atoms with Gasteiger partial charge in [-0.25, -0.2) is 0 Å². The smallest absolute Gasteiger partial charge is 0.119 e. The van der Waals surface area contributed by atoms with Gasteiger partial charge in [0.05, 0.1) is 36.1 Å². The van der Waals surface area contributed by atoms with Crippen molar-refractivity contribution in [2.24, 2.45) is 16.1 Å². The normalized spacial score (nSPS) is 12.4. The predicted octanol–water partition coefficient (Wildman–Crippen LogP) is 6.28. The number of azo groups is 1. The fraction of sp³-hybridized carbons (Fsp3) is 0.364. The topological polar surface area (TPSA) is 64.7 Å². The van der Waals surface area contributed by atoms with Gasteiger partial charge in [-0.1, -0.05) is 33.1 Å². The van der Waals surface area contributed by atoms with Crippen LogP contribution in [0.1, 0.15) is 39.5 Å². The Morgan fingerprint density at radius 1 is 0.893 bits per heavy atom. The molecule has 1 aromatic heterocycles. The maximum absolute atomic E-state index is 5.94. The summed E-state index contributed by atoms with van der Waals surface area (Å²) in [5, 5.41) is 16.8. The highest BCUT2D eigenvalue weighted by molar-refractivity contribution is 5.45. The lowest BCUT2D eigenvalue weighted by atomic mass is 10.0. The van der Waals surface area contributed by atoms with E-state index in [0.717, 1.165) is 35.8 Å². The van der Waals surface area contributed by atoms with E-state index in [1.54, 1.807) is 17.2 Å². The van der Waals surface area contributed by atoms with Crippen molar-refractivity contribution in [3.8, 4) is 11.4 Å². The van der Waals surface area contributed by atoms with Crippen LogP contribution in [0.5, 0.6) is 5.75 Å². The molecule has 28 heavy (non-hydrogen) atoms. The highest BCUT2D eigenvalue weighted by atomic mass is 16.5. The number of unbranched alkanes of at least 4 members (excludes halogenated alkanes) is 1. The summed E-state index contributed by atoms with van der Waals surface area (Å²) in [5.41, 5.74) is 2.45. The number of aromatic nitrogens is 3. The van der Waals surface area contributed by atoms with Crippen molar-refractivity contribution >= 4 is 11.4 Å². The number of hydrogen-bond acceptors (Lipinski definition) is 5. The molecule has 0 aliphatic rings. The zero-order valence-corrected chi connectivity index (χ0v) is 16.5. The van der Waals surface area contributed by atoms with Crippen molar-refractivity contribution in [3.63, 3.8) is 0 Å². The lowest BCUT2D eigenvalue weighted by Crippen LogP contribution is -2.11. The van der Waals surface area contributed by atoms with Crippen molar-refractivity contribution in [3.05, 3.63) is 60.9 Å². The lowest BCUT2D eigenvalue weighted by Gasteiger charge is -2.15. The molecule has 3 aromatic rings. The first kappa shape index (κ1) is 19.7. The molecule has 3 rings (SSSR count). The van der Waals surface area contributed by atoms with Crippen molar-refractivity contribution in [2.45, 2.75) is 39.5 Å². The monoisotopic (exact) mass is 377 g/mol. The molecule has 6 heteroatoms. The molecule has 0 saturated heterocycles. The quantitative estimate of drug-likeness (QED) is 0.391. The summed E-state index contributed by atoms with van der Waals surface area (Å²) in [5.74, 6) is 1.50. The second kappa shape index (κ2) is 10.3. The highest BCUT2D eigenvalue weighted by Gasteiger charge is 2.07. The fourth-order valence-corrected chi connectivity index (χ4v) is 2.84. The van der Waals surface area contributed by atoms with Gasteiger partial charge in [-0.2, -0.15) is 25.2 Å². The molecule has 1 heterocycles. The Morgan fingerprint density at radius 2 is 1.50 bits per heavy atom. The predicted molar refractivity (Wildman–Crippen MR) is 111 cm³/mol. The molecule has 6 nitrogen and oxygen atoms in total.